The summed E-state index contributed by atoms with van der Waals surface area (Å²) < 4.78 is 0. The largest absolute Gasteiger partial charge is 0.409 e. The van der Waals surface area contributed by atoms with E-state index in [1.54, 1.807) is 0 Å². The summed E-state index contributed by atoms with van der Waals surface area (Å²) in [5.74, 6) is 1.22. The maximum absolute atomic E-state index is 8.73. The van der Waals surface area contributed by atoms with Crippen LogP contribution in [0, 0.1) is 11.3 Å². The van der Waals surface area contributed by atoms with E-state index in [0.717, 1.165) is 25.3 Å². The average molecular weight is 269 g/mol. The molecular weight excluding hydrogens is 238 g/mol. The second-order valence-electron chi connectivity index (χ2n) is 6.74. The molecule has 4 heteroatoms. The molecular formula is C15H31N3O. The highest BCUT2D eigenvalue weighted by atomic mass is 16.4. The molecule has 1 aliphatic rings. The van der Waals surface area contributed by atoms with Crippen LogP contribution in [-0.4, -0.2) is 23.6 Å². The molecule has 1 fully saturated rings. The van der Waals surface area contributed by atoms with Gasteiger partial charge in [-0.15, -0.1) is 0 Å². The van der Waals surface area contributed by atoms with Crippen LogP contribution in [0.25, 0.3) is 0 Å². The van der Waals surface area contributed by atoms with Crippen molar-refractivity contribution in [3.8, 4) is 0 Å². The van der Waals surface area contributed by atoms with Gasteiger partial charge in [-0.1, -0.05) is 38.8 Å². The Hall–Kier alpha value is -0.770. The van der Waals surface area contributed by atoms with E-state index < -0.39 is 0 Å². The molecule has 0 saturated heterocycles. The van der Waals surface area contributed by atoms with Gasteiger partial charge >= 0.3 is 0 Å². The molecule has 0 aromatic rings. The Morgan fingerprint density at radius 2 is 2.05 bits per heavy atom. The van der Waals surface area contributed by atoms with Gasteiger partial charge in [0.1, 0.15) is 5.84 Å². The molecule has 0 amide bonds. The zero-order chi connectivity index (χ0) is 14.3. The molecule has 0 bridgehead atoms. The standard InChI is InChI=1S/C15H31N3O/c1-12-6-4-7-13(9-8-12)17-11-5-10-15(2,3)14(16)18-19/h12-13,17,19H,4-11H2,1-3H3,(H2,16,18). The van der Waals surface area contributed by atoms with Gasteiger partial charge in [0.05, 0.1) is 0 Å². The van der Waals surface area contributed by atoms with Gasteiger partial charge in [-0.05, 0) is 44.6 Å². The number of nitrogens with zero attached hydrogens (tertiary/aromatic N) is 1. The maximum Gasteiger partial charge on any atom is 0.144 e. The minimum absolute atomic E-state index is 0.214. The Kier molecular flexibility index (Phi) is 6.63. The van der Waals surface area contributed by atoms with E-state index in [9.17, 15) is 0 Å². The van der Waals surface area contributed by atoms with Gasteiger partial charge < -0.3 is 16.3 Å². The van der Waals surface area contributed by atoms with E-state index in [1.807, 2.05) is 13.8 Å². The first-order valence-corrected chi connectivity index (χ1v) is 7.67. The second-order valence-corrected chi connectivity index (χ2v) is 6.74. The predicted octanol–water partition coefficient (Wildman–Crippen LogP) is 3.10. The number of amidine groups is 1. The van der Waals surface area contributed by atoms with E-state index in [0.29, 0.717) is 11.9 Å². The third-order valence-electron chi connectivity index (χ3n) is 4.47. The van der Waals surface area contributed by atoms with Crippen LogP contribution in [0.15, 0.2) is 5.16 Å². The molecule has 0 heterocycles. The van der Waals surface area contributed by atoms with Crippen LogP contribution in [-0.2, 0) is 0 Å². The summed E-state index contributed by atoms with van der Waals surface area (Å²) in [4.78, 5) is 0. The second kappa shape index (κ2) is 7.73. The normalized spacial score (nSPS) is 26.2. The summed E-state index contributed by atoms with van der Waals surface area (Å²) in [6.07, 6.45) is 8.73. The monoisotopic (exact) mass is 269 g/mol. The van der Waals surface area contributed by atoms with Crippen LogP contribution < -0.4 is 11.1 Å². The van der Waals surface area contributed by atoms with Crippen LogP contribution >= 0.6 is 0 Å². The minimum atomic E-state index is -0.214. The van der Waals surface area contributed by atoms with Gasteiger partial charge in [0.2, 0.25) is 0 Å². The molecule has 1 aliphatic carbocycles. The maximum atomic E-state index is 8.73. The lowest BCUT2D eigenvalue weighted by Crippen LogP contribution is -2.34. The predicted molar refractivity (Wildman–Crippen MR) is 80.5 cm³/mol. The number of hydrogen-bond donors (Lipinski definition) is 3. The lowest BCUT2D eigenvalue weighted by molar-refractivity contribution is 0.304. The van der Waals surface area contributed by atoms with Gasteiger partial charge in [-0.25, -0.2) is 0 Å². The van der Waals surface area contributed by atoms with Gasteiger partial charge in [0, 0.05) is 11.5 Å². The van der Waals surface area contributed by atoms with Crippen molar-refractivity contribution in [2.24, 2.45) is 22.2 Å². The first kappa shape index (κ1) is 16.3. The van der Waals surface area contributed by atoms with E-state index >= 15 is 0 Å². The Labute approximate surface area is 117 Å². The third kappa shape index (κ3) is 5.81. The molecule has 112 valence electrons. The molecule has 2 unspecified atom stereocenters. The van der Waals surface area contributed by atoms with Crippen molar-refractivity contribution >= 4 is 5.84 Å². The van der Waals surface area contributed by atoms with Crippen LogP contribution in [0.3, 0.4) is 0 Å². The topological polar surface area (TPSA) is 70.6 Å². The fraction of sp³-hybridized carbons (Fsp3) is 0.933. The first-order chi connectivity index (χ1) is 8.95. The molecule has 1 rings (SSSR count). The third-order valence-corrected chi connectivity index (χ3v) is 4.47. The van der Waals surface area contributed by atoms with Gasteiger partial charge in [-0.2, -0.15) is 0 Å². The average Bonchev–Trinajstić information content (AvgIpc) is 2.58. The number of rotatable bonds is 6. The van der Waals surface area contributed by atoms with Crippen molar-refractivity contribution in [1.29, 1.82) is 0 Å². The summed E-state index contributed by atoms with van der Waals surface area (Å²) in [6.45, 7) is 7.44. The van der Waals surface area contributed by atoms with Crippen LogP contribution in [0.2, 0.25) is 0 Å². The molecule has 0 radical (unpaired) electrons. The molecule has 2 atom stereocenters. The van der Waals surface area contributed by atoms with Crippen molar-refractivity contribution in [3.05, 3.63) is 0 Å². The van der Waals surface area contributed by atoms with E-state index in [2.05, 4.69) is 17.4 Å². The number of hydrogen-bond acceptors (Lipinski definition) is 3. The Balaban J connectivity index is 2.20. The van der Waals surface area contributed by atoms with E-state index in [1.165, 1.54) is 32.1 Å². The Bertz CT molecular complexity index is 289. The number of oxime groups is 1. The highest BCUT2D eigenvalue weighted by Gasteiger charge is 2.23. The molecule has 0 aliphatic heterocycles. The van der Waals surface area contributed by atoms with Crippen molar-refractivity contribution in [1.82, 2.24) is 5.32 Å². The fourth-order valence-electron chi connectivity index (χ4n) is 2.79. The first-order valence-electron chi connectivity index (χ1n) is 7.67. The summed E-state index contributed by atoms with van der Waals surface area (Å²) >= 11 is 0. The van der Waals surface area contributed by atoms with Crippen molar-refractivity contribution < 1.29 is 5.21 Å². The summed E-state index contributed by atoms with van der Waals surface area (Å²) in [6, 6.07) is 0.692. The smallest absolute Gasteiger partial charge is 0.144 e. The summed E-state index contributed by atoms with van der Waals surface area (Å²) in [5, 5.41) is 15.5. The van der Waals surface area contributed by atoms with Crippen molar-refractivity contribution in [2.75, 3.05) is 6.54 Å². The summed E-state index contributed by atoms with van der Waals surface area (Å²) in [7, 11) is 0. The molecule has 1 saturated carbocycles. The SMILES string of the molecule is CC1CCCC(NCCCC(C)(C)C(N)=NO)CC1. The van der Waals surface area contributed by atoms with E-state index in [-0.39, 0.29) is 5.41 Å². The quantitative estimate of drug-likeness (QED) is 0.173. The van der Waals surface area contributed by atoms with Crippen LogP contribution in [0.5, 0.6) is 0 Å². The molecule has 4 N–H and O–H groups in total. The zero-order valence-corrected chi connectivity index (χ0v) is 12.8. The number of nitrogens with one attached hydrogen (secondary N) is 1. The lowest BCUT2D eigenvalue weighted by atomic mass is 9.86. The van der Waals surface area contributed by atoms with Gasteiger partial charge in [0.15, 0.2) is 0 Å². The van der Waals surface area contributed by atoms with Crippen molar-refractivity contribution in [2.45, 2.75) is 71.8 Å². The van der Waals surface area contributed by atoms with E-state index in [4.69, 9.17) is 10.9 Å². The lowest BCUT2D eigenvalue weighted by Gasteiger charge is -2.23. The highest BCUT2D eigenvalue weighted by Crippen LogP contribution is 2.24. The van der Waals surface area contributed by atoms with Crippen LogP contribution in [0.4, 0.5) is 0 Å². The number of nitrogens with two attached hydrogens (primary N) is 1. The van der Waals surface area contributed by atoms with Crippen molar-refractivity contribution in [3.63, 3.8) is 0 Å². The van der Waals surface area contributed by atoms with Gasteiger partial charge in [-0.3, -0.25) is 0 Å². The molecule has 4 nitrogen and oxygen atoms in total. The van der Waals surface area contributed by atoms with Crippen LogP contribution in [0.1, 0.15) is 65.7 Å². The zero-order valence-electron chi connectivity index (χ0n) is 12.8. The fourth-order valence-corrected chi connectivity index (χ4v) is 2.79. The molecule has 0 aromatic heterocycles. The molecule has 0 aromatic carbocycles. The molecule has 19 heavy (non-hydrogen) atoms. The highest BCUT2D eigenvalue weighted by molar-refractivity contribution is 5.85. The minimum Gasteiger partial charge on any atom is -0.409 e. The Morgan fingerprint density at radius 1 is 1.32 bits per heavy atom. The molecule has 0 spiro atoms. The van der Waals surface area contributed by atoms with Gasteiger partial charge in [0.25, 0.3) is 0 Å². The Morgan fingerprint density at radius 3 is 2.74 bits per heavy atom. The summed E-state index contributed by atoms with van der Waals surface area (Å²) in [5.41, 5.74) is 5.48.